The van der Waals surface area contributed by atoms with E-state index in [0.29, 0.717) is 12.0 Å². The van der Waals surface area contributed by atoms with E-state index < -0.39 is 27.7 Å². The third kappa shape index (κ3) is 4.63. The summed E-state index contributed by atoms with van der Waals surface area (Å²) in [5, 5.41) is 10.1. The number of methoxy groups -OCH3 is 2. The van der Waals surface area contributed by atoms with Crippen molar-refractivity contribution in [3.05, 3.63) is 82.8 Å². The lowest BCUT2D eigenvalue weighted by molar-refractivity contribution is -0.139. The quantitative estimate of drug-likeness (QED) is 0.574. The van der Waals surface area contributed by atoms with E-state index >= 15 is 0 Å². The number of carbonyl (C=O) groups is 2. The maximum Gasteiger partial charge on any atom is 0.355 e. The molecule has 1 unspecified atom stereocenters. The summed E-state index contributed by atoms with van der Waals surface area (Å²) in [6, 6.07) is 16.5. The van der Waals surface area contributed by atoms with Gasteiger partial charge in [-0.1, -0.05) is 49.4 Å². The van der Waals surface area contributed by atoms with Gasteiger partial charge in [0.25, 0.3) is 0 Å². The van der Waals surface area contributed by atoms with Crippen LogP contribution >= 0.6 is 0 Å². The first-order valence-electron chi connectivity index (χ1n) is 10.7. The molecule has 0 fully saturated rings. The molecule has 0 bridgehead atoms. The number of carbonyl (C=O) groups excluding carboxylic acids is 2. The van der Waals surface area contributed by atoms with Crippen molar-refractivity contribution in [3.63, 3.8) is 0 Å². The molecular weight excluding hydrogens is 470 g/mol. The van der Waals surface area contributed by atoms with E-state index in [1.807, 2.05) is 6.07 Å². The molecule has 0 saturated carbocycles. The second kappa shape index (κ2) is 10.4. The Kier molecular flexibility index (Phi) is 7.62. The van der Waals surface area contributed by atoms with Crippen LogP contribution in [0.1, 0.15) is 24.8 Å². The molecule has 3 rings (SSSR count). The number of nitriles is 1. The van der Waals surface area contributed by atoms with Gasteiger partial charge < -0.3 is 15.2 Å². The monoisotopic (exact) mass is 495 g/mol. The molecule has 1 atom stereocenters. The molecule has 0 radical (unpaired) electrons. The summed E-state index contributed by atoms with van der Waals surface area (Å²) in [5.41, 5.74) is 6.41. The topological polar surface area (TPSA) is 140 Å². The van der Waals surface area contributed by atoms with Crippen molar-refractivity contribution in [2.75, 3.05) is 24.9 Å². The van der Waals surface area contributed by atoms with Gasteiger partial charge in [0.2, 0.25) is 0 Å². The molecule has 10 heteroatoms. The molecule has 0 saturated heterocycles. The standard InChI is InChI=1S/C25H25N3O6S/c1-4-14-35(31,32)19-13-9-8-12-18(19)28-22(25(30)34-3)21(24(29)33-2)20(17(15-26)23(28)27)16-10-6-5-7-11-16/h5-13,20H,4,14,27H2,1-3H3. The fourth-order valence-electron chi connectivity index (χ4n) is 4.05. The van der Waals surface area contributed by atoms with Gasteiger partial charge >= 0.3 is 11.9 Å². The van der Waals surface area contributed by atoms with Crippen molar-refractivity contribution >= 4 is 27.5 Å². The molecule has 1 aliphatic heterocycles. The number of hydrogen-bond acceptors (Lipinski definition) is 9. The molecule has 2 aromatic carbocycles. The van der Waals surface area contributed by atoms with Crippen molar-refractivity contribution in [2.45, 2.75) is 24.2 Å². The second-order valence-electron chi connectivity index (χ2n) is 7.62. The number of nitrogens with two attached hydrogens (primary N) is 1. The normalized spacial score (nSPS) is 16.1. The Bertz CT molecular complexity index is 1360. The fraction of sp³-hybridized carbons (Fsp3) is 0.240. The minimum Gasteiger partial charge on any atom is -0.466 e. The van der Waals surface area contributed by atoms with E-state index in [2.05, 4.69) is 0 Å². The zero-order valence-electron chi connectivity index (χ0n) is 19.5. The van der Waals surface area contributed by atoms with Gasteiger partial charge in [-0.3, -0.25) is 4.90 Å². The van der Waals surface area contributed by atoms with Crippen LogP contribution in [0.2, 0.25) is 0 Å². The highest BCUT2D eigenvalue weighted by atomic mass is 32.2. The molecule has 9 nitrogen and oxygen atoms in total. The lowest BCUT2D eigenvalue weighted by Crippen LogP contribution is -2.41. The van der Waals surface area contributed by atoms with Crippen LogP contribution in [-0.2, 0) is 28.9 Å². The summed E-state index contributed by atoms with van der Waals surface area (Å²) < 4.78 is 36.1. The molecular formula is C25H25N3O6S. The molecule has 0 spiro atoms. The van der Waals surface area contributed by atoms with Crippen LogP contribution in [0.4, 0.5) is 5.69 Å². The zero-order chi connectivity index (χ0) is 25.8. The smallest absolute Gasteiger partial charge is 0.355 e. The van der Waals surface area contributed by atoms with Crippen LogP contribution in [0, 0.1) is 11.3 Å². The number of allylic oxidation sites excluding steroid dienone is 1. The van der Waals surface area contributed by atoms with Gasteiger partial charge in [0.1, 0.15) is 11.5 Å². The van der Waals surface area contributed by atoms with Gasteiger partial charge in [-0.05, 0) is 24.1 Å². The molecule has 1 aliphatic rings. The van der Waals surface area contributed by atoms with Crippen LogP contribution in [0.25, 0.3) is 0 Å². The van der Waals surface area contributed by atoms with Crippen molar-refractivity contribution in [1.29, 1.82) is 5.26 Å². The lowest BCUT2D eigenvalue weighted by atomic mass is 9.81. The second-order valence-corrected chi connectivity index (χ2v) is 9.70. The Balaban J connectivity index is 2.47. The summed E-state index contributed by atoms with van der Waals surface area (Å²) in [7, 11) is -1.53. The third-order valence-electron chi connectivity index (χ3n) is 5.52. The average molecular weight is 496 g/mol. The molecule has 182 valence electrons. The Morgan fingerprint density at radius 2 is 1.63 bits per heavy atom. The fourth-order valence-corrected chi connectivity index (χ4v) is 5.57. The van der Waals surface area contributed by atoms with Crippen LogP contribution in [0.15, 0.2) is 82.2 Å². The van der Waals surface area contributed by atoms with E-state index in [0.717, 1.165) is 19.1 Å². The first kappa shape index (κ1) is 25.5. The Hall–Kier alpha value is -4.10. The Morgan fingerprint density at radius 1 is 1.03 bits per heavy atom. The van der Waals surface area contributed by atoms with E-state index in [4.69, 9.17) is 15.2 Å². The van der Waals surface area contributed by atoms with E-state index in [-0.39, 0.29) is 39.0 Å². The third-order valence-corrected chi connectivity index (χ3v) is 7.49. The number of benzene rings is 2. The Labute approximate surface area is 204 Å². The van der Waals surface area contributed by atoms with E-state index in [9.17, 15) is 23.3 Å². The highest BCUT2D eigenvalue weighted by molar-refractivity contribution is 7.91. The van der Waals surface area contributed by atoms with Crippen molar-refractivity contribution < 1.29 is 27.5 Å². The number of rotatable bonds is 7. The molecule has 35 heavy (non-hydrogen) atoms. The predicted octanol–water partition coefficient (Wildman–Crippen LogP) is 2.77. The SMILES string of the molecule is CCCS(=O)(=O)c1ccccc1N1C(N)=C(C#N)C(c2ccccc2)C(C(=O)OC)=C1C(=O)OC. The summed E-state index contributed by atoms with van der Waals surface area (Å²) >= 11 is 0. The van der Waals surface area contributed by atoms with Crippen LogP contribution < -0.4 is 10.6 Å². The highest BCUT2D eigenvalue weighted by Gasteiger charge is 2.44. The van der Waals surface area contributed by atoms with Crippen molar-refractivity contribution in [3.8, 4) is 6.07 Å². The van der Waals surface area contributed by atoms with E-state index in [1.54, 1.807) is 43.3 Å². The number of esters is 2. The average Bonchev–Trinajstić information content (AvgIpc) is 2.87. The number of nitrogens with zero attached hydrogens (tertiary/aromatic N) is 2. The predicted molar refractivity (Wildman–Crippen MR) is 128 cm³/mol. The van der Waals surface area contributed by atoms with Gasteiger partial charge in [0, 0.05) is 0 Å². The van der Waals surface area contributed by atoms with E-state index in [1.165, 1.54) is 18.2 Å². The lowest BCUT2D eigenvalue weighted by Gasteiger charge is -2.36. The maximum absolute atomic E-state index is 13.1. The summed E-state index contributed by atoms with van der Waals surface area (Å²) in [6.07, 6.45) is 0.356. The Morgan fingerprint density at radius 3 is 2.20 bits per heavy atom. The first-order valence-corrected chi connectivity index (χ1v) is 12.4. The minimum absolute atomic E-state index is 0.0134. The van der Waals surface area contributed by atoms with Gasteiger partial charge in [-0.15, -0.1) is 0 Å². The van der Waals surface area contributed by atoms with Crippen molar-refractivity contribution in [2.24, 2.45) is 5.73 Å². The molecule has 1 heterocycles. The summed E-state index contributed by atoms with van der Waals surface area (Å²) in [4.78, 5) is 27.2. The largest absolute Gasteiger partial charge is 0.466 e. The number of hydrogen-bond donors (Lipinski definition) is 1. The van der Waals surface area contributed by atoms with Crippen LogP contribution in [0.5, 0.6) is 0 Å². The van der Waals surface area contributed by atoms with Gasteiger partial charge in [0.05, 0.1) is 53.7 Å². The molecule has 0 amide bonds. The van der Waals surface area contributed by atoms with Crippen LogP contribution in [0.3, 0.4) is 0 Å². The number of anilines is 1. The molecule has 2 N–H and O–H groups in total. The maximum atomic E-state index is 13.1. The van der Waals surface area contributed by atoms with Gasteiger partial charge in [-0.25, -0.2) is 18.0 Å². The van der Waals surface area contributed by atoms with Crippen molar-refractivity contribution in [1.82, 2.24) is 0 Å². The van der Waals surface area contributed by atoms with Crippen LogP contribution in [-0.4, -0.2) is 40.3 Å². The zero-order valence-corrected chi connectivity index (χ0v) is 20.3. The number of sulfone groups is 1. The highest BCUT2D eigenvalue weighted by Crippen LogP contribution is 2.44. The molecule has 2 aromatic rings. The summed E-state index contributed by atoms with van der Waals surface area (Å²) in [6.45, 7) is 1.72. The molecule has 0 aromatic heterocycles. The first-order chi connectivity index (χ1) is 16.7. The molecule has 0 aliphatic carbocycles. The summed E-state index contributed by atoms with van der Waals surface area (Å²) in [5.74, 6) is -3.24. The van der Waals surface area contributed by atoms with Gasteiger partial charge in [0.15, 0.2) is 9.84 Å². The van der Waals surface area contributed by atoms with Gasteiger partial charge in [-0.2, -0.15) is 5.26 Å². The number of para-hydroxylation sites is 1. The number of ether oxygens (including phenoxy) is 2. The minimum atomic E-state index is -3.80.